The van der Waals surface area contributed by atoms with Crippen LogP contribution in [0.5, 0.6) is 0 Å². The number of benzene rings is 1. The second kappa shape index (κ2) is 8.34. The molecule has 0 aliphatic heterocycles. The largest absolute Gasteiger partial charge is 0.357 e. The molecule has 1 aliphatic carbocycles. The van der Waals surface area contributed by atoms with Crippen LogP contribution in [-0.4, -0.2) is 35.4 Å². The Labute approximate surface area is 167 Å². The van der Waals surface area contributed by atoms with E-state index in [2.05, 4.69) is 48.6 Å². The maximum absolute atomic E-state index is 6.18. The van der Waals surface area contributed by atoms with Crippen molar-refractivity contribution in [3.63, 3.8) is 0 Å². The summed E-state index contributed by atoms with van der Waals surface area (Å²) in [4.78, 5) is 4.87. The minimum Gasteiger partial charge on any atom is -0.357 e. The van der Waals surface area contributed by atoms with E-state index in [0.29, 0.717) is 0 Å². The van der Waals surface area contributed by atoms with Gasteiger partial charge in [-0.1, -0.05) is 23.7 Å². The van der Waals surface area contributed by atoms with Gasteiger partial charge in [-0.15, -0.1) is 0 Å². The fraction of sp³-hybridized carbons (Fsp3) is 0.524. The van der Waals surface area contributed by atoms with Crippen molar-refractivity contribution in [3.8, 4) is 0 Å². The minimum absolute atomic E-state index is 0.157. The van der Waals surface area contributed by atoms with Crippen molar-refractivity contribution in [2.75, 3.05) is 19.6 Å². The van der Waals surface area contributed by atoms with Gasteiger partial charge in [0.1, 0.15) is 0 Å². The predicted molar refractivity (Wildman–Crippen MR) is 113 cm³/mol. The Bertz CT molecular complexity index is 820. The van der Waals surface area contributed by atoms with Crippen LogP contribution in [0.2, 0.25) is 5.02 Å². The SMILES string of the molecule is CCNC(=NCC1(c2cccc(Cl)c2)CC1)NCCc1c(C)nn(C)c1C. The number of halogens is 1. The highest BCUT2D eigenvalue weighted by Crippen LogP contribution is 2.48. The molecule has 0 spiro atoms. The van der Waals surface area contributed by atoms with Gasteiger partial charge in [0.15, 0.2) is 5.96 Å². The average molecular weight is 388 g/mol. The Balaban J connectivity index is 1.61. The number of hydrogen-bond donors (Lipinski definition) is 2. The van der Waals surface area contributed by atoms with Crippen molar-refractivity contribution < 1.29 is 0 Å². The molecule has 0 saturated heterocycles. The van der Waals surface area contributed by atoms with Crippen LogP contribution < -0.4 is 10.6 Å². The number of aryl methyl sites for hydroxylation is 2. The molecule has 2 aromatic rings. The molecule has 1 aliphatic rings. The maximum Gasteiger partial charge on any atom is 0.191 e. The van der Waals surface area contributed by atoms with E-state index in [4.69, 9.17) is 16.6 Å². The first-order chi connectivity index (χ1) is 12.9. The van der Waals surface area contributed by atoms with Crippen LogP contribution >= 0.6 is 11.6 Å². The van der Waals surface area contributed by atoms with Crippen LogP contribution in [0, 0.1) is 13.8 Å². The van der Waals surface area contributed by atoms with E-state index >= 15 is 0 Å². The summed E-state index contributed by atoms with van der Waals surface area (Å²) in [6.45, 7) is 8.76. The van der Waals surface area contributed by atoms with Gasteiger partial charge in [0.05, 0.1) is 12.2 Å². The third-order valence-electron chi connectivity index (χ3n) is 5.50. The van der Waals surface area contributed by atoms with E-state index < -0.39 is 0 Å². The zero-order valence-corrected chi connectivity index (χ0v) is 17.5. The van der Waals surface area contributed by atoms with Gasteiger partial charge in [-0.25, -0.2) is 0 Å². The summed E-state index contributed by atoms with van der Waals surface area (Å²) >= 11 is 6.18. The summed E-state index contributed by atoms with van der Waals surface area (Å²) in [6.07, 6.45) is 3.28. The average Bonchev–Trinajstić information content (AvgIpc) is 3.39. The van der Waals surface area contributed by atoms with E-state index in [1.54, 1.807) is 0 Å². The molecule has 0 bridgehead atoms. The van der Waals surface area contributed by atoms with Gasteiger partial charge in [0.25, 0.3) is 0 Å². The molecule has 146 valence electrons. The van der Waals surface area contributed by atoms with Crippen molar-refractivity contribution in [2.45, 2.75) is 45.4 Å². The number of rotatable bonds is 7. The Morgan fingerprint density at radius 2 is 2.07 bits per heavy atom. The normalized spacial score (nSPS) is 15.7. The van der Waals surface area contributed by atoms with Gasteiger partial charge in [0.2, 0.25) is 0 Å². The quantitative estimate of drug-likeness (QED) is 0.564. The zero-order chi connectivity index (χ0) is 19.4. The molecule has 27 heavy (non-hydrogen) atoms. The molecule has 3 rings (SSSR count). The van der Waals surface area contributed by atoms with Crippen molar-refractivity contribution in [1.82, 2.24) is 20.4 Å². The van der Waals surface area contributed by atoms with Crippen LogP contribution in [0.3, 0.4) is 0 Å². The van der Waals surface area contributed by atoms with E-state index in [9.17, 15) is 0 Å². The zero-order valence-electron chi connectivity index (χ0n) is 16.8. The summed E-state index contributed by atoms with van der Waals surface area (Å²) in [7, 11) is 2.00. The molecule has 1 aromatic carbocycles. The van der Waals surface area contributed by atoms with Crippen molar-refractivity contribution in [2.24, 2.45) is 12.0 Å². The molecular formula is C21H30ClN5. The van der Waals surface area contributed by atoms with Gasteiger partial charge >= 0.3 is 0 Å². The number of nitrogens with one attached hydrogen (secondary N) is 2. The minimum atomic E-state index is 0.157. The molecule has 2 N–H and O–H groups in total. The molecule has 0 radical (unpaired) electrons. The number of guanidine groups is 1. The maximum atomic E-state index is 6.18. The topological polar surface area (TPSA) is 54.2 Å². The van der Waals surface area contributed by atoms with E-state index in [1.807, 2.05) is 23.9 Å². The van der Waals surface area contributed by atoms with Crippen LogP contribution in [0.1, 0.15) is 42.3 Å². The first kappa shape index (κ1) is 19.7. The molecule has 5 nitrogen and oxygen atoms in total. The molecule has 1 aromatic heterocycles. The Hall–Kier alpha value is -2.01. The number of aliphatic imine (C=N–C) groups is 1. The second-order valence-electron chi connectivity index (χ2n) is 7.44. The molecule has 6 heteroatoms. The highest BCUT2D eigenvalue weighted by molar-refractivity contribution is 6.30. The molecule has 1 heterocycles. The first-order valence-electron chi connectivity index (χ1n) is 9.72. The number of hydrogen-bond acceptors (Lipinski definition) is 2. The molecule has 0 unspecified atom stereocenters. The smallest absolute Gasteiger partial charge is 0.191 e. The van der Waals surface area contributed by atoms with Crippen LogP contribution in [0.15, 0.2) is 29.3 Å². The number of aromatic nitrogens is 2. The van der Waals surface area contributed by atoms with Crippen LogP contribution in [-0.2, 0) is 18.9 Å². The molecule has 1 saturated carbocycles. The van der Waals surface area contributed by atoms with E-state index in [0.717, 1.165) is 42.7 Å². The van der Waals surface area contributed by atoms with Gasteiger partial charge in [0, 0.05) is 36.3 Å². The highest BCUT2D eigenvalue weighted by Gasteiger charge is 2.44. The number of nitrogens with zero attached hydrogens (tertiary/aromatic N) is 3. The highest BCUT2D eigenvalue weighted by atomic mass is 35.5. The monoisotopic (exact) mass is 387 g/mol. The Morgan fingerprint density at radius 3 is 2.67 bits per heavy atom. The van der Waals surface area contributed by atoms with E-state index in [1.165, 1.54) is 29.7 Å². The fourth-order valence-corrected chi connectivity index (χ4v) is 3.75. The molecule has 1 fully saturated rings. The van der Waals surface area contributed by atoms with Crippen LogP contribution in [0.4, 0.5) is 0 Å². The lowest BCUT2D eigenvalue weighted by Gasteiger charge is -2.16. The molecular weight excluding hydrogens is 358 g/mol. The lowest BCUT2D eigenvalue weighted by atomic mass is 9.96. The molecule has 0 atom stereocenters. The standard InChI is InChI=1S/C21H30ClN5/c1-5-23-20(24-12-9-19-15(2)26-27(4)16(19)3)25-14-21(10-11-21)17-7-6-8-18(22)13-17/h6-8,13H,5,9-12,14H2,1-4H3,(H2,23,24,25). The first-order valence-corrected chi connectivity index (χ1v) is 10.1. The predicted octanol–water partition coefficient (Wildman–Crippen LogP) is 3.52. The lowest BCUT2D eigenvalue weighted by molar-refractivity contribution is 0.692. The fourth-order valence-electron chi connectivity index (χ4n) is 3.56. The van der Waals surface area contributed by atoms with Gasteiger partial charge in [-0.2, -0.15) is 5.10 Å². The van der Waals surface area contributed by atoms with Crippen molar-refractivity contribution >= 4 is 17.6 Å². The summed E-state index contributed by atoms with van der Waals surface area (Å²) in [5, 5.41) is 12.1. The van der Waals surface area contributed by atoms with E-state index in [-0.39, 0.29) is 5.41 Å². The van der Waals surface area contributed by atoms with Crippen molar-refractivity contribution in [3.05, 3.63) is 51.8 Å². The summed E-state index contributed by atoms with van der Waals surface area (Å²) in [6, 6.07) is 8.21. The summed E-state index contributed by atoms with van der Waals surface area (Å²) < 4.78 is 1.95. The van der Waals surface area contributed by atoms with Gasteiger partial charge < -0.3 is 10.6 Å². The summed E-state index contributed by atoms with van der Waals surface area (Å²) in [5.74, 6) is 0.880. The van der Waals surface area contributed by atoms with Gasteiger partial charge in [-0.05, 0) is 63.3 Å². The molecule has 0 amide bonds. The van der Waals surface area contributed by atoms with Crippen LogP contribution in [0.25, 0.3) is 0 Å². The summed E-state index contributed by atoms with van der Waals surface area (Å²) in [5.41, 5.74) is 5.12. The Kier molecular flexibility index (Phi) is 6.10. The lowest BCUT2D eigenvalue weighted by Crippen LogP contribution is -2.39. The Morgan fingerprint density at radius 1 is 1.30 bits per heavy atom. The third kappa shape index (κ3) is 4.64. The second-order valence-corrected chi connectivity index (χ2v) is 7.87. The van der Waals surface area contributed by atoms with Gasteiger partial charge in [-0.3, -0.25) is 9.67 Å². The van der Waals surface area contributed by atoms with Crippen molar-refractivity contribution in [1.29, 1.82) is 0 Å². The third-order valence-corrected chi connectivity index (χ3v) is 5.74.